The minimum Gasteiger partial charge on any atom is -0.358 e. The Labute approximate surface area is 133 Å². The molecule has 1 aromatic heterocycles. The highest BCUT2D eigenvalue weighted by Crippen LogP contribution is 2.44. The molecule has 1 aliphatic carbocycles. The monoisotopic (exact) mass is 292 g/mol. The third-order valence-electron chi connectivity index (χ3n) is 4.92. The largest absolute Gasteiger partial charge is 0.358 e. The first kappa shape index (κ1) is 16.2. The van der Waals surface area contributed by atoms with Gasteiger partial charge in [-0.1, -0.05) is 18.2 Å². The first-order chi connectivity index (χ1) is 10.7. The number of fused-ring (bicyclic) bond motifs is 5. The molecule has 0 saturated carbocycles. The number of nitrogens with one attached hydrogen (secondary N) is 1. The molecule has 0 spiro atoms. The highest BCUT2D eigenvalue weighted by molar-refractivity contribution is 5.88. The van der Waals surface area contributed by atoms with Crippen molar-refractivity contribution in [3.63, 3.8) is 0 Å². The number of rotatable bonds is 0. The molecular formula is C20H24N2. The van der Waals surface area contributed by atoms with Crippen LogP contribution >= 0.6 is 0 Å². The van der Waals surface area contributed by atoms with E-state index in [1.807, 2.05) is 0 Å². The lowest BCUT2D eigenvalue weighted by Crippen LogP contribution is -2.18. The Kier molecular flexibility index (Phi) is 4.96. The Bertz CT molecular complexity index is 684. The molecule has 0 radical (unpaired) electrons. The minimum atomic E-state index is 0.759. The van der Waals surface area contributed by atoms with Gasteiger partial charge in [0.15, 0.2) is 0 Å². The second-order valence-corrected chi connectivity index (χ2v) is 6.14. The van der Waals surface area contributed by atoms with E-state index in [-0.39, 0.29) is 0 Å². The van der Waals surface area contributed by atoms with Crippen LogP contribution in [0.5, 0.6) is 0 Å². The van der Waals surface area contributed by atoms with Crippen molar-refractivity contribution in [2.75, 3.05) is 20.1 Å². The predicted octanol–water partition coefficient (Wildman–Crippen LogP) is 3.57. The summed E-state index contributed by atoms with van der Waals surface area (Å²) in [6, 6.07) is 6.72. The van der Waals surface area contributed by atoms with Crippen LogP contribution in [0.4, 0.5) is 0 Å². The molecule has 1 saturated heterocycles. The zero-order chi connectivity index (χ0) is 16.3. The van der Waals surface area contributed by atoms with Crippen LogP contribution in [0.1, 0.15) is 29.2 Å². The number of aryl methyl sites for hydroxylation is 2. The van der Waals surface area contributed by atoms with Crippen molar-refractivity contribution in [3.05, 3.63) is 35.0 Å². The number of hydrogen-bond acceptors (Lipinski definition) is 1. The lowest BCUT2D eigenvalue weighted by molar-refractivity contribution is 0.386. The number of aromatic nitrogens is 1. The fraction of sp³-hybridized carbons (Fsp3) is 0.400. The Morgan fingerprint density at radius 1 is 1.14 bits per heavy atom. The van der Waals surface area contributed by atoms with Gasteiger partial charge < -0.3 is 9.88 Å². The molecule has 2 atom stereocenters. The van der Waals surface area contributed by atoms with Crippen LogP contribution in [0.2, 0.25) is 0 Å². The van der Waals surface area contributed by atoms with E-state index in [0.29, 0.717) is 0 Å². The number of likely N-dealkylation sites (tertiary alicyclic amines) is 1. The lowest BCUT2D eigenvalue weighted by atomic mass is 9.79. The zero-order valence-electron chi connectivity index (χ0n) is 13.5. The van der Waals surface area contributed by atoms with Crippen molar-refractivity contribution >= 4 is 10.9 Å². The van der Waals surface area contributed by atoms with Gasteiger partial charge in [0, 0.05) is 35.6 Å². The van der Waals surface area contributed by atoms with Gasteiger partial charge in [-0.25, -0.2) is 0 Å². The van der Waals surface area contributed by atoms with E-state index < -0.39 is 0 Å². The van der Waals surface area contributed by atoms with E-state index in [9.17, 15) is 0 Å². The van der Waals surface area contributed by atoms with Gasteiger partial charge in [0.1, 0.15) is 0 Å². The van der Waals surface area contributed by atoms with Crippen LogP contribution in [0, 0.1) is 38.5 Å². The molecule has 1 aliphatic heterocycles. The van der Waals surface area contributed by atoms with E-state index in [4.69, 9.17) is 0 Å². The summed E-state index contributed by atoms with van der Waals surface area (Å²) in [5.74, 6) is 1.64. The number of aromatic amines is 1. The van der Waals surface area contributed by atoms with Crippen LogP contribution in [-0.4, -0.2) is 30.0 Å². The van der Waals surface area contributed by atoms with Crippen LogP contribution in [0.3, 0.4) is 0 Å². The minimum absolute atomic E-state index is 0.759. The summed E-state index contributed by atoms with van der Waals surface area (Å²) in [5, 5.41) is 1.48. The maximum atomic E-state index is 4.00. The van der Waals surface area contributed by atoms with Crippen LogP contribution in [0.25, 0.3) is 10.9 Å². The first-order valence-corrected chi connectivity index (χ1v) is 7.69. The molecule has 0 amide bonds. The van der Waals surface area contributed by atoms with Gasteiger partial charge >= 0.3 is 0 Å². The van der Waals surface area contributed by atoms with E-state index in [0.717, 1.165) is 11.8 Å². The van der Waals surface area contributed by atoms with Crippen LogP contribution in [0.15, 0.2) is 18.2 Å². The molecule has 1 fully saturated rings. The maximum absolute atomic E-state index is 4.00. The first-order valence-electron chi connectivity index (χ1n) is 7.69. The number of terminal acetylenes is 2. The van der Waals surface area contributed by atoms with Gasteiger partial charge in [0.05, 0.1) is 0 Å². The van der Waals surface area contributed by atoms with Gasteiger partial charge in [0.25, 0.3) is 0 Å². The molecule has 2 heterocycles. The smallest absolute Gasteiger partial charge is 0.0488 e. The summed E-state index contributed by atoms with van der Waals surface area (Å²) in [5.41, 5.74) is 5.90. The van der Waals surface area contributed by atoms with Gasteiger partial charge in [-0.15, -0.1) is 25.7 Å². The molecule has 22 heavy (non-hydrogen) atoms. The van der Waals surface area contributed by atoms with E-state index in [1.54, 1.807) is 5.56 Å². The van der Waals surface area contributed by atoms with E-state index >= 15 is 0 Å². The normalized spacial score (nSPS) is 22.6. The second kappa shape index (κ2) is 6.73. The predicted molar refractivity (Wildman–Crippen MR) is 94.9 cm³/mol. The lowest BCUT2D eigenvalue weighted by Gasteiger charge is -2.24. The fourth-order valence-corrected chi connectivity index (χ4v) is 4.10. The second-order valence-electron chi connectivity index (χ2n) is 6.14. The SMILES string of the molecule is C#C.C#C.Cc1cccc2c3c([nH]c12)CCC1CN(C)CC31. The average Bonchev–Trinajstić information content (AvgIpc) is 3.11. The van der Waals surface area contributed by atoms with Gasteiger partial charge in [-0.3, -0.25) is 0 Å². The van der Waals surface area contributed by atoms with Gasteiger partial charge in [-0.2, -0.15) is 0 Å². The van der Waals surface area contributed by atoms with Gasteiger partial charge in [-0.05, 0) is 43.9 Å². The summed E-state index contributed by atoms with van der Waals surface area (Å²) >= 11 is 0. The Morgan fingerprint density at radius 2 is 1.86 bits per heavy atom. The molecule has 1 aromatic carbocycles. The topological polar surface area (TPSA) is 19.0 Å². The molecule has 0 bridgehead atoms. The number of likely N-dealkylation sites (N-methyl/N-ethyl adjacent to an activating group) is 1. The number of benzene rings is 1. The molecule has 114 valence electrons. The molecule has 2 heteroatoms. The molecule has 1 N–H and O–H groups in total. The zero-order valence-corrected chi connectivity index (χ0v) is 13.5. The third kappa shape index (κ3) is 2.52. The van der Waals surface area contributed by atoms with E-state index in [2.05, 4.69) is 67.7 Å². The summed E-state index contributed by atoms with van der Waals surface area (Å²) in [4.78, 5) is 6.19. The summed E-state index contributed by atoms with van der Waals surface area (Å²) in [6.07, 6.45) is 18.6. The Morgan fingerprint density at radius 3 is 2.59 bits per heavy atom. The van der Waals surface area contributed by atoms with Crippen molar-refractivity contribution in [3.8, 4) is 25.7 Å². The molecule has 2 aliphatic rings. The quantitative estimate of drug-likeness (QED) is 0.736. The third-order valence-corrected chi connectivity index (χ3v) is 4.92. The summed E-state index contributed by atoms with van der Waals surface area (Å²) < 4.78 is 0. The standard InChI is InChI=1S/C16H20N2.2C2H2/c1-10-4-3-5-12-15-13-9-18(2)8-11(13)6-7-14(15)17-16(10)12;2*1-2/h3-5,11,13,17H,6-9H2,1-2H3;2*1-2H. The summed E-state index contributed by atoms with van der Waals surface area (Å²) in [7, 11) is 2.26. The number of hydrogen-bond donors (Lipinski definition) is 1. The van der Waals surface area contributed by atoms with Crippen LogP contribution < -0.4 is 0 Å². The van der Waals surface area contributed by atoms with E-state index in [1.165, 1.54) is 48.1 Å². The molecular weight excluding hydrogens is 268 g/mol. The van der Waals surface area contributed by atoms with Crippen molar-refractivity contribution in [2.45, 2.75) is 25.7 Å². The summed E-state index contributed by atoms with van der Waals surface area (Å²) in [6.45, 7) is 4.73. The van der Waals surface area contributed by atoms with Crippen molar-refractivity contribution in [1.82, 2.24) is 9.88 Å². The average molecular weight is 292 g/mol. The number of H-pyrrole nitrogens is 1. The molecule has 2 aromatic rings. The highest BCUT2D eigenvalue weighted by atomic mass is 15.1. The Balaban J connectivity index is 0.000000410. The number of para-hydroxylation sites is 1. The van der Waals surface area contributed by atoms with Crippen molar-refractivity contribution in [2.24, 2.45) is 5.92 Å². The number of nitrogens with zero attached hydrogens (tertiary/aromatic N) is 1. The fourth-order valence-electron chi connectivity index (χ4n) is 4.10. The van der Waals surface area contributed by atoms with Crippen molar-refractivity contribution < 1.29 is 0 Å². The molecule has 2 nitrogen and oxygen atoms in total. The molecule has 2 unspecified atom stereocenters. The Hall–Kier alpha value is -2.16. The van der Waals surface area contributed by atoms with Gasteiger partial charge in [0.2, 0.25) is 0 Å². The molecule has 4 rings (SSSR count). The van der Waals surface area contributed by atoms with Crippen LogP contribution in [-0.2, 0) is 6.42 Å². The van der Waals surface area contributed by atoms with Crippen molar-refractivity contribution in [1.29, 1.82) is 0 Å². The highest BCUT2D eigenvalue weighted by Gasteiger charge is 2.37. The maximum Gasteiger partial charge on any atom is 0.0488 e.